The fourth-order valence-electron chi connectivity index (χ4n) is 3.18. The van der Waals surface area contributed by atoms with Gasteiger partial charge in [0.1, 0.15) is 18.0 Å². The van der Waals surface area contributed by atoms with Gasteiger partial charge in [-0.2, -0.15) is 0 Å². The minimum Gasteiger partial charge on any atom is -0.486 e. The van der Waals surface area contributed by atoms with Crippen LogP contribution in [0.5, 0.6) is 5.75 Å². The zero-order valence-corrected chi connectivity index (χ0v) is 17.3. The number of hydrogen-bond donors (Lipinski definition) is 1. The van der Waals surface area contributed by atoms with E-state index in [0.717, 1.165) is 37.5 Å². The second-order valence-electron chi connectivity index (χ2n) is 6.53. The fourth-order valence-corrected chi connectivity index (χ4v) is 3.18. The molecule has 1 amide bonds. The lowest BCUT2D eigenvalue weighted by molar-refractivity contribution is 0.0731. The van der Waals surface area contributed by atoms with Gasteiger partial charge in [0.25, 0.3) is 5.91 Å². The number of ether oxygens (including phenoxy) is 1. The molecule has 6 nitrogen and oxygen atoms in total. The number of aromatic nitrogens is 2. The van der Waals surface area contributed by atoms with Crippen molar-refractivity contribution in [3.8, 4) is 5.75 Å². The van der Waals surface area contributed by atoms with E-state index < -0.39 is 0 Å². The van der Waals surface area contributed by atoms with E-state index in [4.69, 9.17) is 4.74 Å². The van der Waals surface area contributed by atoms with Gasteiger partial charge in [0, 0.05) is 38.6 Å². The smallest absolute Gasteiger partial charge is 0.257 e. The highest BCUT2D eigenvalue weighted by Gasteiger charge is 2.21. The molecule has 0 saturated carbocycles. The Morgan fingerprint density at radius 1 is 1.11 bits per heavy atom. The number of piperazine rings is 1. The van der Waals surface area contributed by atoms with Gasteiger partial charge in [-0.1, -0.05) is 18.2 Å². The molecule has 1 aromatic carbocycles. The maximum Gasteiger partial charge on any atom is 0.257 e. The number of nitrogens with one attached hydrogen (secondary N) is 1. The number of carbonyl (C=O) groups is 1. The third-order valence-electron chi connectivity index (χ3n) is 4.55. The van der Waals surface area contributed by atoms with Gasteiger partial charge in [-0.15, -0.1) is 24.8 Å². The highest BCUT2D eigenvalue weighted by molar-refractivity contribution is 5.97. The van der Waals surface area contributed by atoms with Gasteiger partial charge in [0.15, 0.2) is 0 Å². The molecule has 1 fully saturated rings. The van der Waals surface area contributed by atoms with Gasteiger partial charge in [-0.25, -0.2) is 4.98 Å². The summed E-state index contributed by atoms with van der Waals surface area (Å²) in [6, 6.07) is 11.4. The summed E-state index contributed by atoms with van der Waals surface area (Å²) in [5.74, 6) is 0.622. The monoisotopic (exact) mass is 422 g/mol. The number of rotatable bonds is 4. The molecule has 1 aliphatic rings. The van der Waals surface area contributed by atoms with Gasteiger partial charge in [0.2, 0.25) is 0 Å². The number of aryl methyl sites for hydroxylation is 1. The van der Waals surface area contributed by atoms with Crippen molar-refractivity contribution >= 4 is 36.4 Å². The first-order valence-corrected chi connectivity index (χ1v) is 8.87. The quantitative estimate of drug-likeness (QED) is 0.701. The van der Waals surface area contributed by atoms with Crippen LogP contribution in [0.3, 0.4) is 0 Å². The van der Waals surface area contributed by atoms with Gasteiger partial charge in [0.05, 0.1) is 11.3 Å². The molecule has 0 aliphatic carbocycles. The molecule has 150 valence electrons. The van der Waals surface area contributed by atoms with Gasteiger partial charge < -0.3 is 19.4 Å². The molecule has 1 N–H and O–H groups in total. The van der Waals surface area contributed by atoms with E-state index in [0.29, 0.717) is 17.9 Å². The summed E-state index contributed by atoms with van der Waals surface area (Å²) < 4.78 is 7.95. The fraction of sp³-hybridized carbons (Fsp3) is 0.300. The van der Waals surface area contributed by atoms with E-state index in [9.17, 15) is 4.79 Å². The summed E-state index contributed by atoms with van der Waals surface area (Å²) in [5.41, 5.74) is 3.50. The molecule has 3 aromatic rings. The Balaban J connectivity index is 0.00000140. The van der Waals surface area contributed by atoms with Crippen LogP contribution in [0.15, 0.2) is 48.8 Å². The van der Waals surface area contributed by atoms with Crippen molar-refractivity contribution in [2.45, 2.75) is 13.5 Å². The lowest BCUT2D eigenvalue weighted by Crippen LogP contribution is -2.46. The Bertz CT molecular complexity index is 939. The largest absolute Gasteiger partial charge is 0.486 e. The van der Waals surface area contributed by atoms with Crippen LogP contribution >= 0.6 is 24.8 Å². The SMILES string of the molecule is Cc1ccc2nc(COc3ccccc3C(=O)N3CCNCC3)cn2c1.Cl.Cl. The van der Waals surface area contributed by atoms with Crippen LogP contribution in [0.1, 0.15) is 21.6 Å². The maximum atomic E-state index is 12.8. The Morgan fingerprint density at radius 2 is 1.86 bits per heavy atom. The van der Waals surface area contributed by atoms with Crippen LogP contribution in [0.4, 0.5) is 0 Å². The summed E-state index contributed by atoms with van der Waals surface area (Å²) in [6.07, 6.45) is 4.00. The van der Waals surface area contributed by atoms with E-state index in [1.165, 1.54) is 5.56 Å². The van der Waals surface area contributed by atoms with E-state index in [1.54, 1.807) is 0 Å². The lowest BCUT2D eigenvalue weighted by atomic mass is 10.1. The number of carbonyl (C=O) groups excluding carboxylic acids is 1. The molecule has 1 aliphatic heterocycles. The molecule has 8 heteroatoms. The molecule has 0 atom stereocenters. The molecule has 4 rings (SSSR count). The average molecular weight is 423 g/mol. The van der Waals surface area contributed by atoms with Crippen molar-refractivity contribution in [1.29, 1.82) is 0 Å². The molecule has 0 radical (unpaired) electrons. The molecule has 0 unspecified atom stereocenters. The maximum absolute atomic E-state index is 12.8. The topological polar surface area (TPSA) is 58.9 Å². The number of hydrogen-bond acceptors (Lipinski definition) is 4. The van der Waals surface area contributed by atoms with Crippen molar-refractivity contribution < 1.29 is 9.53 Å². The van der Waals surface area contributed by atoms with E-state index in [1.807, 2.05) is 65.0 Å². The standard InChI is InChI=1S/C20H22N4O2.2ClH/c1-15-6-7-19-22-16(13-24(19)12-15)14-26-18-5-3-2-4-17(18)20(25)23-10-8-21-9-11-23;;/h2-7,12-13,21H,8-11,14H2,1H3;2*1H. The minimum atomic E-state index is 0. The Morgan fingerprint density at radius 3 is 2.64 bits per heavy atom. The van der Waals surface area contributed by atoms with Crippen LogP contribution in [-0.4, -0.2) is 46.4 Å². The first-order valence-electron chi connectivity index (χ1n) is 8.87. The number of nitrogens with zero attached hydrogens (tertiary/aromatic N) is 3. The van der Waals surface area contributed by atoms with Crippen LogP contribution < -0.4 is 10.1 Å². The normalized spacial score (nSPS) is 13.5. The number of halogens is 2. The first-order chi connectivity index (χ1) is 12.7. The second kappa shape index (κ2) is 9.78. The summed E-state index contributed by atoms with van der Waals surface area (Å²) in [6.45, 7) is 5.48. The van der Waals surface area contributed by atoms with Crippen LogP contribution in [-0.2, 0) is 6.61 Å². The van der Waals surface area contributed by atoms with Crippen LogP contribution in [0.25, 0.3) is 5.65 Å². The lowest BCUT2D eigenvalue weighted by Gasteiger charge is -2.28. The van der Waals surface area contributed by atoms with Crippen molar-refractivity contribution in [1.82, 2.24) is 19.6 Å². The third-order valence-corrected chi connectivity index (χ3v) is 4.55. The number of pyridine rings is 1. The number of para-hydroxylation sites is 1. The molecule has 0 spiro atoms. The van der Waals surface area contributed by atoms with Crippen molar-refractivity contribution in [2.24, 2.45) is 0 Å². The highest BCUT2D eigenvalue weighted by atomic mass is 35.5. The van der Waals surface area contributed by atoms with Crippen molar-refractivity contribution in [2.75, 3.05) is 26.2 Å². The molecule has 3 heterocycles. The molecular weight excluding hydrogens is 399 g/mol. The van der Waals surface area contributed by atoms with E-state index in [2.05, 4.69) is 10.3 Å². The molecule has 2 aromatic heterocycles. The zero-order valence-electron chi connectivity index (χ0n) is 15.6. The number of amides is 1. The number of fused-ring (bicyclic) bond motifs is 1. The van der Waals surface area contributed by atoms with E-state index in [-0.39, 0.29) is 30.7 Å². The second-order valence-corrected chi connectivity index (χ2v) is 6.53. The van der Waals surface area contributed by atoms with Crippen molar-refractivity contribution in [3.63, 3.8) is 0 Å². The van der Waals surface area contributed by atoms with Gasteiger partial charge >= 0.3 is 0 Å². The number of imidazole rings is 1. The Hall–Kier alpha value is -2.28. The predicted octanol–water partition coefficient (Wildman–Crippen LogP) is 3.11. The minimum absolute atomic E-state index is 0. The summed E-state index contributed by atoms with van der Waals surface area (Å²) in [4.78, 5) is 19.2. The van der Waals surface area contributed by atoms with Crippen LogP contribution in [0.2, 0.25) is 0 Å². The third kappa shape index (κ3) is 4.76. The van der Waals surface area contributed by atoms with Crippen LogP contribution in [0, 0.1) is 6.92 Å². The molecule has 1 saturated heterocycles. The molecule has 28 heavy (non-hydrogen) atoms. The average Bonchev–Trinajstić information content (AvgIpc) is 3.08. The first kappa shape index (κ1) is 22.0. The van der Waals surface area contributed by atoms with Gasteiger partial charge in [-0.05, 0) is 30.7 Å². The zero-order chi connectivity index (χ0) is 17.9. The summed E-state index contributed by atoms with van der Waals surface area (Å²) >= 11 is 0. The highest BCUT2D eigenvalue weighted by Crippen LogP contribution is 2.21. The summed E-state index contributed by atoms with van der Waals surface area (Å²) in [5, 5.41) is 3.26. The van der Waals surface area contributed by atoms with Crippen molar-refractivity contribution in [3.05, 3.63) is 65.6 Å². The summed E-state index contributed by atoms with van der Waals surface area (Å²) in [7, 11) is 0. The van der Waals surface area contributed by atoms with Gasteiger partial charge in [-0.3, -0.25) is 4.79 Å². The number of benzene rings is 1. The molecule has 0 bridgehead atoms. The van der Waals surface area contributed by atoms with E-state index >= 15 is 0 Å². The Kier molecular flexibility index (Phi) is 7.69. The Labute approximate surface area is 176 Å². The predicted molar refractivity (Wildman–Crippen MR) is 114 cm³/mol. The molecular formula is C20H24Cl2N4O2.